The number of hydrogen-bond acceptors (Lipinski definition) is 9. The second-order valence-electron chi connectivity index (χ2n) is 11.7. The van der Waals surface area contributed by atoms with E-state index in [1.165, 1.54) is 11.1 Å². The summed E-state index contributed by atoms with van der Waals surface area (Å²) >= 11 is 0. The van der Waals surface area contributed by atoms with Gasteiger partial charge in [-0.05, 0) is 55.0 Å². The molecule has 3 aromatic carbocycles. The highest BCUT2D eigenvalue weighted by Crippen LogP contribution is 2.30. The van der Waals surface area contributed by atoms with E-state index in [1.807, 2.05) is 37.3 Å². The van der Waals surface area contributed by atoms with Crippen molar-refractivity contribution in [1.29, 1.82) is 0 Å². The Kier molecular flexibility index (Phi) is 11.3. The average molecular weight is 647 g/mol. The van der Waals surface area contributed by atoms with E-state index in [2.05, 4.69) is 74.8 Å². The van der Waals surface area contributed by atoms with Crippen molar-refractivity contribution in [2.24, 2.45) is 0 Å². The average Bonchev–Trinajstić information content (AvgIpc) is 3.67. The Morgan fingerprint density at radius 1 is 0.854 bits per heavy atom. The second kappa shape index (κ2) is 16.5. The molecule has 0 saturated carbocycles. The minimum absolute atomic E-state index is 0.0230. The molecular weight excluding hydrogens is 604 g/mol. The molecule has 0 unspecified atom stereocenters. The summed E-state index contributed by atoms with van der Waals surface area (Å²) in [6.45, 7) is 5.14. The molecule has 11 nitrogen and oxygen atoms in total. The molecule has 4 N–H and O–H groups in total. The van der Waals surface area contributed by atoms with Crippen LogP contribution in [0.2, 0.25) is 0 Å². The number of rotatable bonds is 16. The zero-order valence-corrected chi connectivity index (χ0v) is 27.2. The number of carbonyl (C=O) groups is 1. The lowest BCUT2D eigenvalue weighted by Gasteiger charge is -2.22. The zero-order valence-electron chi connectivity index (χ0n) is 27.2. The summed E-state index contributed by atoms with van der Waals surface area (Å²) in [5, 5.41) is 13.7. The Hall–Kier alpha value is -5.26. The second-order valence-corrected chi connectivity index (χ2v) is 11.7. The molecule has 0 spiro atoms. The normalized spacial score (nSPS) is 12.2. The van der Waals surface area contributed by atoms with Gasteiger partial charge in [0.05, 0.1) is 12.7 Å². The first-order chi connectivity index (χ1) is 23.6. The summed E-state index contributed by atoms with van der Waals surface area (Å²) in [7, 11) is 0. The van der Waals surface area contributed by atoms with Crippen LogP contribution in [-0.4, -0.2) is 57.9 Å². The van der Waals surface area contributed by atoms with Gasteiger partial charge >= 0.3 is 0 Å². The van der Waals surface area contributed by atoms with Crippen molar-refractivity contribution < 1.29 is 14.3 Å². The number of fused-ring (bicyclic) bond motifs is 1. The third-order valence-corrected chi connectivity index (χ3v) is 8.17. The van der Waals surface area contributed by atoms with Gasteiger partial charge in [-0.3, -0.25) is 20.0 Å². The van der Waals surface area contributed by atoms with Gasteiger partial charge in [0.25, 0.3) is 0 Å². The molecule has 1 aliphatic heterocycles. The lowest BCUT2D eigenvalue weighted by atomic mass is 10.1. The van der Waals surface area contributed by atoms with Crippen molar-refractivity contribution in [3.63, 3.8) is 0 Å². The monoisotopic (exact) mass is 646 g/mol. The summed E-state index contributed by atoms with van der Waals surface area (Å²) in [5.41, 5.74) is 5.32. The third-order valence-electron chi connectivity index (χ3n) is 8.17. The molecule has 11 heteroatoms. The largest absolute Gasteiger partial charge is 0.486 e. The zero-order chi connectivity index (χ0) is 33.0. The van der Waals surface area contributed by atoms with E-state index in [4.69, 9.17) is 19.4 Å². The standard InChI is InChI=1S/C37H42N8O3/c1-27-31(13-15-34(40-23-29-8-4-2-5-9-29)41-24-30-10-6-3-7-11-30)36(44-37(43-27)45-19-18-38-26-45)42-25-35(46)39-17-16-28-12-14-32-33(22-28)48-21-20-47-32/h2-12,14,18-19,22,26,34,40-41H,13,15-17,20-21,23-25H2,1H3,(H,39,46)(H,42,43,44). The highest BCUT2D eigenvalue weighted by atomic mass is 16.6. The molecule has 2 aromatic heterocycles. The Morgan fingerprint density at radius 3 is 2.25 bits per heavy atom. The molecule has 0 saturated heterocycles. The van der Waals surface area contributed by atoms with Crippen LogP contribution in [0.1, 0.15) is 34.4 Å². The fraction of sp³-hybridized carbons (Fsp3) is 0.297. The lowest BCUT2D eigenvalue weighted by Crippen LogP contribution is -2.42. The van der Waals surface area contributed by atoms with Crippen LogP contribution in [0.5, 0.6) is 11.5 Å². The van der Waals surface area contributed by atoms with Gasteiger partial charge in [-0.15, -0.1) is 0 Å². The maximum Gasteiger partial charge on any atom is 0.239 e. The lowest BCUT2D eigenvalue weighted by molar-refractivity contribution is -0.119. The van der Waals surface area contributed by atoms with Crippen LogP contribution in [0.15, 0.2) is 97.6 Å². The SMILES string of the molecule is Cc1nc(-n2ccnc2)nc(NCC(=O)NCCc2ccc3c(c2)OCCO3)c1CCC(NCc1ccccc1)NCc1ccccc1. The Balaban J connectivity index is 1.11. The number of ether oxygens (including phenoxy) is 2. The molecule has 0 atom stereocenters. The van der Waals surface area contributed by atoms with Crippen molar-refractivity contribution >= 4 is 11.7 Å². The molecule has 1 aliphatic rings. The van der Waals surface area contributed by atoms with Gasteiger partial charge < -0.3 is 20.1 Å². The molecule has 0 aliphatic carbocycles. The molecule has 6 rings (SSSR count). The molecule has 248 valence electrons. The van der Waals surface area contributed by atoms with Crippen LogP contribution in [-0.2, 0) is 30.7 Å². The number of anilines is 1. The minimum Gasteiger partial charge on any atom is -0.486 e. The number of hydrogen-bond donors (Lipinski definition) is 4. The van der Waals surface area contributed by atoms with Crippen molar-refractivity contribution in [1.82, 2.24) is 35.5 Å². The highest BCUT2D eigenvalue weighted by molar-refractivity contribution is 5.80. The Bertz CT molecular complexity index is 1710. The van der Waals surface area contributed by atoms with Gasteiger partial charge in [0, 0.05) is 43.3 Å². The third kappa shape index (κ3) is 9.18. The van der Waals surface area contributed by atoms with Crippen molar-refractivity contribution in [2.75, 3.05) is 31.6 Å². The first-order valence-electron chi connectivity index (χ1n) is 16.4. The molecule has 5 aromatic rings. The van der Waals surface area contributed by atoms with Crippen molar-refractivity contribution in [2.45, 2.75) is 45.4 Å². The van der Waals surface area contributed by atoms with E-state index in [0.29, 0.717) is 44.4 Å². The van der Waals surface area contributed by atoms with Gasteiger partial charge in [0.15, 0.2) is 11.5 Å². The Morgan fingerprint density at radius 2 is 1.56 bits per heavy atom. The number of nitrogens with one attached hydrogen (secondary N) is 4. The van der Waals surface area contributed by atoms with E-state index in [0.717, 1.165) is 47.8 Å². The summed E-state index contributed by atoms with van der Waals surface area (Å²) in [6, 6.07) is 26.7. The van der Waals surface area contributed by atoms with Crippen LogP contribution < -0.4 is 30.7 Å². The van der Waals surface area contributed by atoms with Crippen molar-refractivity contribution in [3.8, 4) is 17.4 Å². The van der Waals surface area contributed by atoms with E-state index in [9.17, 15) is 4.79 Å². The van der Waals surface area contributed by atoms with Gasteiger partial charge in [0.2, 0.25) is 11.9 Å². The van der Waals surface area contributed by atoms with E-state index >= 15 is 0 Å². The maximum absolute atomic E-state index is 13.0. The predicted molar refractivity (Wildman–Crippen MR) is 185 cm³/mol. The smallest absolute Gasteiger partial charge is 0.239 e. The summed E-state index contributed by atoms with van der Waals surface area (Å²) < 4.78 is 13.1. The number of aryl methyl sites for hydroxylation is 1. The Labute approximate surface area is 281 Å². The minimum atomic E-state index is -0.120. The fourth-order valence-corrected chi connectivity index (χ4v) is 5.57. The molecular formula is C37H42N8O3. The van der Waals surface area contributed by atoms with Crippen LogP contribution >= 0.6 is 0 Å². The first-order valence-corrected chi connectivity index (χ1v) is 16.4. The highest BCUT2D eigenvalue weighted by Gasteiger charge is 2.17. The number of imidazole rings is 1. The summed E-state index contributed by atoms with van der Waals surface area (Å²) in [6.07, 6.45) is 7.34. The van der Waals surface area contributed by atoms with E-state index in [-0.39, 0.29) is 18.6 Å². The fourth-order valence-electron chi connectivity index (χ4n) is 5.57. The van der Waals surface area contributed by atoms with Crippen LogP contribution in [0.4, 0.5) is 5.82 Å². The first kappa shape index (κ1) is 32.7. The number of amides is 1. The molecule has 0 fully saturated rings. The molecule has 1 amide bonds. The van der Waals surface area contributed by atoms with Gasteiger partial charge in [0.1, 0.15) is 25.4 Å². The number of benzene rings is 3. The summed E-state index contributed by atoms with van der Waals surface area (Å²) in [5.74, 6) is 2.52. The van der Waals surface area contributed by atoms with E-state index < -0.39 is 0 Å². The van der Waals surface area contributed by atoms with E-state index in [1.54, 1.807) is 23.3 Å². The quantitative estimate of drug-likeness (QED) is 0.116. The molecule has 3 heterocycles. The van der Waals surface area contributed by atoms with Gasteiger partial charge in [-0.25, -0.2) is 9.97 Å². The number of carbonyl (C=O) groups excluding carboxylic acids is 1. The van der Waals surface area contributed by atoms with Crippen molar-refractivity contribution in [3.05, 3.63) is 126 Å². The predicted octanol–water partition coefficient (Wildman–Crippen LogP) is 4.35. The molecule has 0 radical (unpaired) electrons. The van der Waals surface area contributed by atoms with Crippen LogP contribution in [0.25, 0.3) is 5.95 Å². The molecule has 0 bridgehead atoms. The maximum atomic E-state index is 13.0. The number of nitrogens with zero attached hydrogens (tertiary/aromatic N) is 4. The van der Waals surface area contributed by atoms with Crippen LogP contribution in [0, 0.1) is 6.92 Å². The topological polar surface area (TPSA) is 127 Å². The molecule has 48 heavy (non-hydrogen) atoms. The van der Waals surface area contributed by atoms with Gasteiger partial charge in [-0.1, -0.05) is 66.7 Å². The summed E-state index contributed by atoms with van der Waals surface area (Å²) in [4.78, 5) is 26.7. The van der Waals surface area contributed by atoms with Gasteiger partial charge in [-0.2, -0.15) is 4.98 Å². The van der Waals surface area contributed by atoms with Crippen LogP contribution in [0.3, 0.4) is 0 Å². The number of aromatic nitrogens is 4.